The van der Waals surface area contributed by atoms with Gasteiger partial charge in [-0.2, -0.15) is 0 Å². The Hall–Kier alpha value is -4.83. The average Bonchev–Trinajstić information content (AvgIpc) is 3.09. The summed E-state index contributed by atoms with van der Waals surface area (Å²) in [4.78, 5) is 30.2. The van der Waals surface area contributed by atoms with Crippen LogP contribution in [0.4, 0.5) is 5.69 Å². The van der Waals surface area contributed by atoms with Crippen LogP contribution in [0.5, 0.6) is 11.5 Å². The number of carbonyl (C=O) groups is 2. The van der Waals surface area contributed by atoms with Crippen molar-refractivity contribution in [3.05, 3.63) is 119 Å². The molecule has 4 rings (SSSR count). The summed E-state index contributed by atoms with van der Waals surface area (Å²) in [6.07, 6.45) is 0.944. The molecule has 0 saturated carbocycles. The summed E-state index contributed by atoms with van der Waals surface area (Å²) in [7, 11) is -1.32. The first-order valence-corrected chi connectivity index (χ1v) is 17.4. The van der Waals surface area contributed by atoms with Crippen molar-refractivity contribution in [3.8, 4) is 11.5 Å². The maximum atomic E-state index is 14.7. The van der Waals surface area contributed by atoms with Gasteiger partial charge < -0.3 is 19.7 Å². The highest BCUT2D eigenvalue weighted by atomic mass is 32.2. The van der Waals surface area contributed by atoms with Crippen LogP contribution in [-0.2, 0) is 32.6 Å². The molecular formula is C38H45N3O6S. The fraction of sp³-hybridized carbons (Fsp3) is 0.316. The first-order valence-electron chi connectivity index (χ1n) is 16.0. The lowest BCUT2D eigenvalue weighted by Crippen LogP contribution is -2.54. The molecule has 254 valence electrons. The third kappa shape index (κ3) is 8.95. The zero-order valence-electron chi connectivity index (χ0n) is 28.5. The van der Waals surface area contributed by atoms with Gasteiger partial charge in [0.25, 0.3) is 10.0 Å². The molecule has 0 saturated heterocycles. The first-order chi connectivity index (χ1) is 23.0. The number of ether oxygens (including phenoxy) is 2. The van der Waals surface area contributed by atoms with Crippen molar-refractivity contribution in [2.24, 2.45) is 0 Å². The van der Waals surface area contributed by atoms with Gasteiger partial charge in [0.1, 0.15) is 12.6 Å². The zero-order chi connectivity index (χ0) is 34.8. The van der Waals surface area contributed by atoms with Crippen LogP contribution >= 0.6 is 0 Å². The zero-order valence-corrected chi connectivity index (χ0v) is 29.3. The number of amides is 2. The molecule has 2 amide bonds. The van der Waals surface area contributed by atoms with Crippen molar-refractivity contribution in [2.45, 2.75) is 64.1 Å². The summed E-state index contributed by atoms with van der Waals surface area (Å²) < 4.78 is 40.6. The Morgan fingerprint density at radius 1 is 0.792 bits per heavy atom. The van der Waals surface area contributed by atoms with Crippen LogP contribution in [0.25, 0.3) is 0 Å². The molecular weight excluding hydrogens is 627 g/mol. The number of anilines is 1. The monoisotopic (exact) mass is 671 g/mol. The highest BCUT2D eigenvalue weighted by Crippen LogP contribution is 2.34. The topological polar surface area (TPSA) is 105 Å². The number of hydrogen-bond donors (Lipinski definition) is 1. The maximum Gasteiger partial charge on any atom is 0.264 e. The van der Waals surface area contributed by atoms with Gasteiger partial charge in [-0.1, -0.05) is 84.8 Å². The van der Waals surface area contributed by atoms with E-state index in [-0.39, 0.29) is 35.5 Å². The van der Waals surface area contributed by atoms with Crippen LogP contribution in [0.15, 0.2) is 102 Å². The van der Waals surface area contributed by atoms with Crippen LogP contribution < -0.4 is 19.1 Å². The predicted molar refractivity (Wildman–Crippen MR) is 189 cm³/mol. The van der Waals surface area contributed by atoms with Gasteiger partial charge >= 0.3 is 0 Å². The Morgan fingerprint density at radius 2 is 1.40 bits per heavy atom. The number of nitrogens with one attached hydrogen (secondary N) is 1. The van der Waals surface area contributed by atoms with Crippen LogP contribution in [0.3, 0.4) is 0 Å². The molecule has 0 fully saturated rings. The van der Waals surface area contributed by atoms with E-state index in [4.69, 9.17) is 9.47 Å². The van der Waals surface area contributed by atoms with Gasteiger partial charge in [-0.25, -0.2) is 8.42 Å². The minimum atomic E-state index is -4.26. The van der Waals surface area contributed by atoms with E-state index in [1.54, 1.807) is 24.3 Å². The quantitative estimate of drug-likeness (QED) is 0.165. The average molecular weight is 672 g/mol. The summed E-state index contributed by atoms with van der Waals surface area (Å²) in [5.41, 5.74) is 3.83. The molecule has 4 aromatic carbocycles. The van der Waals surface area contributed by atoms with Crippen molar-refractivity contribution in [1.29, 1.82) is 0 Å². The van der Waals surface area contributed by atoms with E-state index in [2.05, 4.69) is 5.32 Å². The van der Waals surface area contributed by atoms with Gasteiger partial charge in [0.05, 0.1) is 24.8 Å². The van der Waals surface area contributed by atoms with Crippen molar-refractivity contribution >= 4 is 27.5 Å². The van der Waals surface area contributed by atoms with Crippen molar-refractivity contribution in [1.82, 2.24) is 10.2 Å². The molecule has 0 aliphatic heterocycles. The molecule has 0 heterocycles. The van der Waals surface area contributed by atoms with Crippen LogP contribution in [0.1, 0.15) is 42.5 Å². The second-order valence-electron chi connectivity index (χ2n) is 11.9. The number of rotatable bonds is 15. The van der Waals surface area contributed by atoms with E-state index in [9.17, 15) is 18.0 Å². The predicted octanol–water partition coefficient (Wildman–Crippen LogP) is 6.07. The van der Waals surface area contributed by atoms with Gasteiger partial charge in [-0.05, 0) is 62.6 Å². The van der Waals surface area contributed by atoms with Crippen LogP contribution in [0, 0.1) is 13.8 Å². The summed E-state index contributed by atoms with van der Waals surface area (Å²) in [6.45, 7) is 7.25. The Bertz CT molecular complexity index is 1780. The smallest absolute Gasteiger partial charge is 0.264 e. The number of carbonyl (C=O) groups excluding carboxylic acids is 2. The van der Waals surface area contributed by atoms with Crippen molar-refractivity contribution in [3.63, 3.8) is 0 Å². The normalized spacial score (nSPS) is 12.5. The molecule has 1 N–H and O–H groups in total. The lowest BCUT2D eigenvalue weighted by atomic mass is 10.0. The molecule has 9 nitrogen and oxygen atoms in total. The van der Waals surface area contributed by atoms with Gasteiger partial charge in [0.2, 0.25) is 11.8 Å². The van der Waals surface area contributed by atoms with E-state index in [0.717, 1.165) is 26.6 Å². The molecule has 48 heavy (non-hydrogen) atoms. The van der Waals surface area contributed by atoms with Crippen molar-refractivity contribution < 1.29 is 27.5 Å². The molecule has 0 aliphatic rings. The summed E-state index contributed by atoms with van der Waals surface area (Å²) >= 11 is 0. The van der Waals surface area contributed by atoms with Gasteiger partial charge in [0.15, 0.2) is 11.5 Å². The summed E-state index contributed by atoms with van der Waals surface area (Å²) in [5.74, 6) is -0.141. The van der Waals surface area contributed by atoms with Crippen LogP contribution in [0.2, 0.25) is 0 Å². The largest absolute Gasteiger partial charge is 0.493 e. The fourth-order valence-corrected chi connectivity index (χ4v) is 6.64. The number of nitrogens with zero attached hydrogens (tertiary/aromatic N) is 2. The summed E-state index contributed by atoms with van der Waals surface area (Å²) in [5, 5.41) is 3.06. The van der Waals surface area contributed by atoms with Crippen molar-refractivity contribution in [2.75, 3.05) is 25.1 Å². The second kappa shape index (κ2) is 16.3. The minimum Gasteiger partial charge on any atom is -0.493 e. The lowest BCUT2D eigenvalue weighted by molar-refractivity contribution is -0.140. The van der Waals surface area contributed by atoms with Crippen LogP contribution in [-0.4, -0.2) is 58.0 Å². The highest BCUT2D eigenvalue weighted by Gasteiger charge is 2.35. The number of hydrogen-bond acceptors (Lipinski definition) is 6. The Balaban J connectivity index is 1.84. The molecule has 10 heteroatoms. The third-order valence-electron chi connectivity index (χ3n) is 8.29. The molecule has 0 aliphatic carbocycles. The molecule has 0 bridgehead atoms. The van der Waals surface area contributed by atoms with Gasteiger partial charge in [-0.15, -0.1) is 0 Å². The van der Waals surface area contributed by atoms with Gasteiger partial charge in [0, 0.05) is 25.1 Å². The van der Waals surface area contributed by atoms with E-state index in [0.29, 0.717) is 17.9 Å². The Morgan fingerprint density at radius 3 is 1.98 bits per heavy atom. The SMILES string of the molecule is CC[C@@H](C)NC(=O)[C@H](Cc1ccccc1)N(Cc1ccc(C)cc1)C(=O)CN(c1ccc(OC)c(OC)c1)S(=O)(=O)c1ccc(C)cc1. The molecule has 0 spiro atoms. The molecule has 4 aromatic rings. The number of sulfonamides is 1. The Kier molecular flexibility index (Phi) is 12.2. The number of methoxy groups -OCH3 is 2. The Labute approximate surface area is 284 Å². The fourth-order valence-electron chi connectivity index (χ4n) is 5.23. The maximum absolute atomic E-state index is 14.7. The number of benzene rings is 4. The van der Waals surface area contributed by atoms with E-state index >= 15 is 0 Å². The molecule has 0 radical (unpaired) electrons. The molecule has 0 aromatic heterocycles. The first kappa shape index (κ1) is 36.0. The lowest BCUT2D eigenvalue weighted by Gasteiger charge is -2.34. The van der Waals surface area contributed by atoms with Gasteiger partial charge in [-0.3, -0.25) is 13.9 Å². The van der Waals surface area contributed by atoms with E-state index in [1.807, 2.05) is 82.3 Å². The minimum absolute atomic E-state index is 0.0242. The molecule has 2 atom stereocenters. The third-order valence-corrected chi connectivity index (χ3v) is 10.1. The second-order valence-corrected chi connectivity index (χ2v) is 13.8. The standard InChI is InChI=1S/C38H45N3O6S/c1-7-29(4)39-38(43)34(23-30-11-9-8-10-12-30)40(25-31-17-13-27(2)14-18-31)37(42)26-41(32-19-22-35(46-5)36(24-32)47-6)48(44,45)33-20-15-28(3)16-21-33/h8-22,24,29,34H,7,23,25-26H2,1-6H3,(H,39,43)/t29-,34+/m1/s1. The highest BCUT2D eigenvalue weighted by molar-refractivity contribution is 7.92. The van der Waals surface area contributed by atoms with E-state index in [1.165, 1.54) is 37.3 Å². The molecule has 0 unspecified atom stereocenters. The number of aryl methyl sites for hydroxylation is 2. The summed E-state index contributed by atoms with van der Waals surface area (Å²) in [6, 6.07) is 27.3. The van der Waals surface area contributed by atoms with E-state index < -0.39 is 28.5 Å².